The van der Waals surface area contributed by atoms with Crippen LogP contribution < -0.4 is 5.32 Å². The molecule has 2 atom stereocenters. The number of carbonyl (C=O) groups excluding carboxylic acids is 4. The number of likely N-dealkylation sites (tertiary alicyclic amines) is 1. The van der Waals surface area contributed by atoms with Crippen LogP contribution in [0.3, 0.4) is 0 Å². The third kappa shape index (κ3) is 6.62. The molecule has 1 N–H and O–H groups in total. The molecule has 1 aliphatic heterocycles. The molecule has 3 amide bonds. The van der Waals surface area contributed by atoms with Gasteiger partial charge in [-0.15, -0.1) is 6.42 Å². The van der Waals surface area contributed by atoms with Crippen LogP contribution >= 0.6 is 0 Å². The van der Waals surface area contributed by atoms with Gasteiger partial charge in [0.1, 0.15) is 0 Å². The fourth-order valence-electron chi connectivity index (χ4n) is 1.40. The van der Waals surface area contributed by atoms with Crippen LogP contribution in [0.1, 0.15) is 26.7 Å². The monoisotopic (exact) mass is 439 g/mol. The van der Waals surface area contributed by atoms with Gasteiger partial charge >= 0.3 is 0 Å². The van der Waals surface area contributed by atoms with Crippen LogP contribution in [-0.4, -0.2) is 43.0 Å². The van der Waals surface area contributed by atoms with E-state index in [9.17, 15) is 19.2 Å². The first kappa shape index (κ1) is 20.3. The average molecular weight is 439 g/mol. The molecule has 1 rings (SSSR count). The van der Waals surface area contributed by atoms with Crippen molar-refractivity contribution in [1.29, 1.82) is 0 Å². The third-order valence-electron chi connectivity index (χ3n) is 2.69. The molecule has 0 aromatic rings. The molecule has 108 valence electrons. The first-order valence-corrected chi connectivity index (χ1v) is 5.72. The Labute approximate surface area is 127 Å². The van der Waals surface area contributed by atoms with Gasteiger partial charge in [-0.3, -0.25) is 25.6 Å². The second-order valence-corrected chi connectivity index (χ2v) is 4.26. The predicted molar refractivity (Wildman–Crippen MR) is 65.1 cm³/mol. The minimum atomic E-state index is -0.243. The molecule has 6 nitrogen and oxygen atoms in total. The molecular formula is C12H19N2O4W-. The van der Waals surface area contributed by atoms with Gasteiger partial charge in [0, 0.05) is 53.4 Å². The average Bonchev–Trinajstić information content (AvgIpc) is 2.56. The smallest absolute Gasteiger partial charge is 0.232 e. The van der Waals surface area contributed by atoms with Gasteiger partial charge in [0.15, 0.2) is 0 Å². The summed E-state index contributed by atoms with van der Waals surface area (Å²) in [7, 11) is 3.07. The molecule has 0 radical (unpaired) electrons. The van der Waals surface area contributed by atoms with Crippen molar-refractivity contribution >= 4 is 24.0 Å². The summed E-state index contributed by atoms with van der Waals surface area (Å²) in [4.78, 5) is 43.0. The van der Waals surface area contributed by atoms with E-state index in [-0.39, 0.29) is 57.0 Å². The van der Waals surface area contributed by atoms with E-state index in [0.717, 1.165) is 0 Å². The van der Waals surface area contributed by atoms with Gasteiger partial charge in [0.2, 0.25) is 17.7 Å². The number of hydrogen-bond donors (Lipinski definition) is 1. The second-order valence-electron chi connectivity index (χ2n) is 4.26. The van der Waals surface area contributed by atoms with E-state index in [1.165, 1.54) is 11.9 Å². The maximum atomic E-state index is 10.8. The first-order chi connectivity index (χ1) is 8.34. The molecule has 0 saturated carbocycles. The summed E-state index contributed by atoms with van der Waals surface area (Å²) >= 11 is 0. The summed E-state index contributed by atoms with van der Waals surface area (Å²) in [6.07, 6.45) is 2.24. The molecule has 0 aromatic heterocycles. The molecule has 1 fully saturated rings. The number of nitrogens with zero attached hydrogens (tertiary/aromatic N) is 1. The van der Waals surface area contributed by atoms with Crippen molar-refractivity contribution in [3.05, 3.63) is 0 Å². The summed E-state index contributed by atoms with van der Waals surface area (Å²) in [5.41, 5.74) is 0. The Balaban J connectivity index is 0. The molecule has 7 heteroatoms. The van der Waals surface area contributed by atoms with Gasteiger partial charge in [-0.1, -0.05) is 13.8 Å². The molecule has 2 unspecified atom stereocenters. The molecule has 1 aliphatic rings. The summed E-state index contributed by atoms with van der Waals surface area (Å²) in [5.74, 6) is -0.569. The van der Waals surface area contributed by atoms with E-state index in [2.05, 4.69) is 5.32 Å². The van der Waals surface area contributed by atoms with E-state index in [4.69, 9.17) is 0 Å². The molecule has 1 heterocycles. The van der Waals surface area contributed by atoms with E-state index in [1.54, 1.807) is 27.2 Å². The van der Waals surface area contributed by atoms with Crippen LogP contribution in [0.15, 0.2) is 0 Å². The maximum Gasteiger partial charge on any atom is 0.232 e. The number of nitrogens with one attached hydrogen (secondary N) is 1. The fourth-order valence-corrected chi connectivity index (χ4v) is 1.40. The Kier molecular flexibility index (Phi) is 10.5. The zero-order valence-corrected chi connectivity index (χ0v) is 14.5. The van der Waals surface area contributed by atoms with Crippen LogP contribution in [0.25, 0.3) is 0 Å². The molecule has 0 aliphatic carbocycles. The zero-order chi connectivity index (χ0) is 14.3. The SMILES string of the molecule is CC1CC(=O)N(C)C1=O.CNC(=O)C(C)C[C-]=O.[W]. The minimum Gasteiger partial charge on any atom is -0.542 e. The van der Waals surface area contributed by atoms with Gasteiger partial charge in [0.05, 0.1) is 0 Å². The standard InChI is InChI=1S/C6H9NO2.C6H10NO2.W/c1-4-3-5(8)7(2)6(4)9;1-5(3-4-8)6(9)7-2;/h4H,3H2,1-2H3;5H,3H2,1-2H3,(H,7,9);/q;-1;. The number of imide groups is 1. The molecule has 0 spiro atoms. The Hall–Kier alpha value is -1.03. The molecular weight excluding hydrogens is 420 g/mol. The van der Waals surface area contributed by atoms with E-state index >= 15 is 0 Å². The Morgan fingerprint density at radius 2 is 2.05 bits per heavy atom. The normalized spacial score (nSPS) is 18.9. The van der Waals surface area contributed by atoms with Crippen molar-refractivity contribution in [3.8, 4) is 0 Å². The van der Waals surface area contributed by atoms with Gasteiger partial charge in [0.25, 0.3) is 0 Å². The number of carbonyl (C=O) groups is 3. The van der Waals surface area contributed by atoms with Crippen LogP contribution in [-0.2, 0) is 40.2 Å². The van der Waals surface area contributed by atoms with E-state index in [0.29, 0.717) is 6.42 Å². The Morgan fingerprint density at radius 3 is 2.26 bits per heavy atom. The van der Waals surface area contributed by atoms with Gasteiger partial charge in [-0.2, -0.15) is 0 Å². The van der Waals surface area contributed by atoms with E-state index < -0.39 is 0 Å². The third-order valence-corrected chi connectivity index (χ3v) is 2.69. The van der Waals surface area contributed by atoms with Crippen LogP contribution in [0.4, 0.5) is 0 Å². The van der Waals surface area contributed by atoms with Gasteiger partial charge in [-0.05, 0) is 0 Å². The van der Waals surface area contributed by atoms with Crippen molar-refractivity contribution in [2.75, 3.05) is 14.1 Å². The molecule has 1 saturated heterocycles. The molecule has 0 aromatic carbocycles. The largest absolute Gasteiger partial charge is 0.542 e. The van der Waals surface area contributed by atoms with E-state index in [1.807, 2.05) is 0 Å². The minimum absolute atomic E-state index is 0. The van der Waals surface area contributed by atoms with Crippen LogP contribution in [0.5, 0.6) is 0 Å². The van der Waals surface area contributed by atoms with Crippen LogP contribution in [0.2, 0.25) is 0 Å². The van der Waals surface area contributed by atoms with Crippen molar-refractivity contribution < 1.29 is 40.2 Å². The zero-order valence-electron chi connectivity index (χ0n) is 11.6. The Bertz CT molecular complexity index is 347. The first-order valence-electron chi connectivity index (χ1n) is 5.72. The summed E-state index contributed by atoms with van der Waals surface area (Å²) < 4.78 is 0. The van der Waals surface area contributed by atoms with Gasteiger partial charge in [-0.25, -0.2) is 0 Å². The second kappa shape index (κ2) is 9.84. The summed E-state index contributed by atoms with van der Waals surface area (Å²) in [6.45, 7) is 3.45. The number of amides is 3. The summed E-state index contributed by atoms with van der Waals surface area (Å²) in [5, 5.41) is 2.43. The topological polar surface area (TPSA) is 83.6 Å². The van der Waals surface area contributed by atoms with Crippen molar-refractivity contribution in [2.45, 2.75) is 26.7 Å². The maximum absolute atomic E-state index is 10.8. The number of hydrogen-bond acceptors (Lipinski definition) is 4. The van der Waals surface area contributed by atoms with Crippen molar-refractivity contribution in [3.63, 3.8) is 0 Å². The Morgan fingerprint density at radius 1 is 1.53 bits per heavy atom. The van der Waals surface area contributed by atoms with Crippen LogP contribution in [0, 0.1) is 11.8 Å². The number of rotatable bonds is 3. The quantitative estimate of drug-likeness (QED) is 0.491. The predicted octanol–water partition coefficient (Wildman–Crippen LogP) is -0.123. The molecule has 0 bridgehead atoms. The van der Waals surface area contributed by atoms with Gasteiger partial charge < -0.3 is 10.1 Å². The molecule has 19 heavy (non-hydrogen) atoms. The van der Waals surface area contributed by atoms with Crippen molar-refractivity contribution in [1.82, 2.24) is 10.2 Å². The fraction of sp³-hybridized carbons (Fsp3) is 0.667. The summed E-state index contributed by atoms with van der Waals surface area (Å²) in [6, 6.07) is 0. The van der Waals surface area contributed by atoms with Crippen molar-refractivity contribution in [2.24, 2.45) is 11.8 Å².